The van der Waals surface area contributed by atoms with Gasteiger partial charge in [0.1, 0.15) is 6.54 Å². The molecule has 0 saturated heterocycles. The van der Waals surface area contributed by atoms with E-state index in [-0.39, 0.29) is 12.5 Å². The molecule has 1 rings (SSSR count). The number of aliphatic carboxylic acids is 1. The Morgan fingerprint density at radius 3 is 2.82 bits per heavy atom. The molecule has 0 radical (unpaired) electrons. The van der Waals surface area contributed by atoms with Crippen LogP contribution in [0.2, 0.25) is 0 Å². The van der Waals surface area contributed by atoms with Crippen molar-refractivity contribution in [3.8, 4) is 0 Å². The van der Waals surface area contributed by atoms with Crippen LogP contribution in [-0.2, 0) is 4.79 Å². The van der Waals surface area contributed by atoms with Crippen molar-refractivity contribution in [2.24, 2.45) is 0 Å². The lowest BCUT2D eigenvalue weighted by Crippen LogP contribution is -2.39. The van der Waals surface area contributed by atoms with Gasteiger partial charge in [-0.15, -0.1) is 11.7 Å². The van der Waals surface area contributed by atoms with E-state index in [0.29, 0.717) is 0 Å². The van der Waals surface area contributed by atoms with Gasteiger partial charge >= 0.3 is 12.0 Å². The maximum atomic E-state index is 11.6. The first-order valence-electron chi connectivity index (χ1n) is 4.65. The van der Waals surface area contributed by atoms with Gasteiger partial charge in [0.05, 0.1) is 12.4 Å². The first kappa shape index (κ1) is 12.6. The van der Waals surface area contributed by atoms with Gasteiger partial charge in [0, 0.05) is 6.54 Å². The Bertz CT molecular complexity index is 408. The molecule has 1 aromatic heterocycles. The summed E-state index contributed by atoms with van der Waals surface area (Å²) in [6.07, 6.45) is 4.14. The van der Waals surface area contributed by atoms with Crippen LogP contribution in [0.15, 0.2) is 25.0 Å². The second kappa shape index (κ2) is 6.16. The minimum Gasteiger partial charge on any atom is -0.480 e. The van der Waals surface area contributed by atoms with E-state index >= 15 is 0 Å². The largest absolute Gasteiger partial charge is 0.480 e. The third kappa shape index (κ3) is 4.24. The number of nitrogens with zero attached hydrogens (tertiary/aromatic N) is 4. The van der Waals surface area contributed by atoms with Crippen molar-refractivity contribution < 1.29 is 14.7 Å². The molecule has 0 aromatic carbocycles. The molecule has 17 heavy (non-hydrogen) atoms. The minimum atomic E-state index is -1.12. The summed E-state index contributed by atoms with van der Waals surface area (Å²) in [6, 6.07) is -0.625. The van der Waals surface area contributed by atoms with Crippen LogP contribution in [0, 0.1) is 0 Å². The lowest BCUT2D eigenvalue weighted by molar-refractivity contribution is -0.137. The zero-order valence-electron chi connectivity index (χ0n) is 8.91. The summed E-state index contributed by atoms with van der Waals surface area (Å²) in [4.78, 5) is 27.0. The van der Waals surface area contributed by atoms with E-state index in [1.165, 1.54) is 18.5 Å². The minimum absolute atomic E-state index is 0.0111. The number of rotatable bonds is 5. The molecule has 0 aliphatic carbocycles. The van der Waals surface area contributed by atoms with Gasteiger partial charge in [0.25, 0.3) is 5.95 Å². The summed E-state index contributed by atoms with van der Waals surface area (Å²) >= 11 is 0. The van der Waals surface area contributed by atoms with Crippen molar-refractivity contribution in [1.82, 2.24) is 20.1 Å². The predicted octanol–water partition coefficient (Wildman–Crippen LogP) is -0.0239. The smallest absolute Gasteiger partial charge is 0.325 e. The molecule has 8 nitrogen and oxygen atoms in total. The first-order valence-corrected chi connectivity index (χ1v) is 4.65. The van der Waals surface area contributed by atoms with Gasteiger partial charge in [-0.2, -0.15) is 5.10 Å². The topological polar surface area (TPSA) is 108 Å². The van der Waals surface area contributed by atoms with E-state index in [0.717, 1.165) is 4.90 Å². The molecule has 2 amide bonds. The molecule has 90 valence electrons. The third-order valence-electron chi connectivity index (χ3n) is 1.66. The Morgan fingerprint density at radius 2 is 2.29 bits per heavy atom. The summed E-state index contributed by atoms with van der Waals surface area (Å²) < 4.78 is 0. The molecule has 0 aliphatic heterocycles. The van der Waals surface area contributed by atoms with Crippen LogP contribution >= 0.6 is 0 Å². The van der Waals surface area contributed by atoms with Gasteiger partial charge in [-0.3, -0.25) is 10.1 Å². The Balaban J connectivity index is 2.65. The molecule has 1 aromatic rings. The highest BCUT2D eigenvalue weighted by molar-refractivity contribution is 5.89. The summed E-state index contributed by atoms with van der Waals surface area (Å²) in [6.45, 7) is 3.12. The zero-order chi connectivity index (χ0) is 12.7. The van der Waals surface area contributed by atoms with Crippen molar-refractivity contribution in [3.63, 3.8) is 0 Å². The monoisotopic (exact) mass is 237 g/mol. The van der Waals surface area contributed by atoms with Crippen molar-refractivity contribution in [2.75, 3.05) is 18.4 Å². The molecule has 8 heteroatoms. The SMILES string of the molecule is C=CCN(CC(=O)O)C(=O)Nc1nccnn1. The van der Waals surface area contributed by atoms with Crippen molar-refractivity contribution in [2.45, 2.75) is 0 Å². The second-order valence-electron chi connectivity index (χ2n) is 2.96. The molecule has 0 bridgehead atoms. The number of aromatic nitrogens is 3. The van der Waals surface area contributed by atoms with Crippen LogP contribution in [-0.4, -0.2) is 50.3 Å². The standard InChI is InChI=1S/C9H11N5O3/c1-2-5-14(6-7(15)16)9(17)12-8-10-3-4-11-13-8/h2-4H,1,5-6H2,(H,15,16)(H,10,12,13,17). The van der Waals surface area contributed by atoms with Gasteiger partial charge in [-0.25, -0.2) is 9.78 Å². The van der Waals surface area contributed by atoms with Crippen molar-refractivity contribution in [3.05, 3.63) is 25.0 Å². The molecule has 0 aliphatic rings. The highest BCUT2D eigenvalue weighted by atomic mass is 16.4. The number of anilines is 1. The summed E-state index contributed by atoms with van der Waals surface area (Å²) in [7, 11) is 0. The van der Waals surface area contributed by atoms with Gasteiger partial charge in [0.15, 0.2) is 0 Å². The average Bonchev–Trinajstić information content (AvgIpc) is 2.29. The summed E-state index contributed by atoms with van der Waals surface area (Å²) in [5.74, 6) is -1.11. The highest BCUT2D eigenvalue weighted by Crippen LogP contribution is 1.97. The quantitative estimate of drug-likeness (QED) is 0.696. The molecule has 2 N–H and O–H groups in total. The van der Waals surface area contributed by atoms with E-state index in [9.17, 15) is 9.59 Å². The average molecular weight is 237 g/mol. The Hall–Kier alpha value is -2.51. The first-order chi connectivity index (χ1) is 8.13. The third-order valence-corrected chi connectivity index (χ3v) is 1.66. The van der Waals surface area contributed by atoms with Gasteiger partial charge < -0.3 is 10.0 Å². The van der Waals surface area contributed by atoms with Crippen LogP contribution in [0.3, 0.4) is 0 Å². The molecule has 0 atom stereocenters. The van der Waals surface area contributed by atoms with Crippen LogP contribution in [0.5, 0.6) is 0 Å². The Kier molecular flexibility index (Phi) is 4.55. The number of nitrogens with one attached hydrogen (secondary N) is 1. The van der Waals surface area contributed by atoms with Gasteiger partial charge in [0.2, 0.25) is 0 Å². The number of carbonyl (C=O) groups is 2. The van der Waals surface area contributed by atoms with E-state index < -0.39 is 18.5 Å². The predicted molar refractivity (Wildman–Crippen MR) is 58.3 cm³/mol. The number of carboxylic acid groups (broad SMARTS) is 1. The van der Waals surface area contributed by atoms with Crippen molar-refractivity contribution >= 4 is 17.9 Å². The molecule has 0 fully saturated rings. The number of hydrogen-bond donors (Lipinski definition) is 2. The fourth-order valence-corrected chi connectivity index (χ4v) is 1.02. The van der Waals surface area contributed by atoms with E-state index in [4.69, 9.17) is 5.11 Å². The normalized spacial score (nSPS) is 9.41. The Labute approximate surface area is 97.0 Å². The fourth-order valence-electron chi connectivity index (χ4n) is 1.02. The zero-order valence-corrected chi connectivity index (χ0v) is 8.91. The lowest BCUT2D eigenvalue weighted by atomic mass is 10.5. The Morgan fingerprint density at radius 1 is 1.53 bits per heavy atom. The highest BCUT2D eigenvalue weighted by Gasteiger charge is 2.16. The van der Waals surface area contributed by atoms with Gasteiger partial charge in [-0.05, 0) is 0 Å². The maximum absolute atomic E-state index is 11.6. The van der Waals surface area contributed by atoms with E-state index in [2.05, 4.69) is 27.1 Å². The number of carbonyl (C=O) groups excluding carboxylic acids is 1. The van der Waals surface area contributed by atoms with E-state index in [1.807, 2.05) is 0 Å². The fraction of sp³-hybridized carbons (Fsp3) is 0.222. The summed E-state index contributed by atoms with van der Waals surface area (Å²) in [5.41, 5.74) is 0. The van der Waals surface area contributed by atoms with Crippen molar-refractivity contribution in [1.29, 1.82) is 0 Å². The number of hydrogen-bond acceptors (Lipinski definition) is 5. The van der Waals surface area contributed by atoms with Crippen LogP contribution in [0.25, 0.3) is 0 Å². The maximum Gasteiger partial charge on any atom is 0.325 e. The number of carboxylic acids is 1. The molecule has 0 saturated carbocycles. The lowest BCUT2D eigenvalue weighted by Gasteiger charge is -2.18. The van der Waals surface area contributed by atoms with E-state index in [1.54, 1.807) is 0 Å². The van der Waals surface area contributed by atoms with Gasteiger partial charge in [-0.1, -0.05) is 6.08 Å². The number of amides is 2. The molecule has 1 heterocycles. The molecule has 0 spiro atoms. The molecular weight excluding hydrogens is 226 g/mol. The van der Waals surface area contributed by atoms with Crippen LogP contribution < -0.4 is 5.32 Å². The second-order valence-corrected chi connectivity index (χ2v) is 2.96. The van der Waals surface area contributed by atoms with Crippen LogP contribution in [0.1, 0.15) is 0 Å². The number of urea groups is 1. The van der Waals surface area contributed by atoms with Crippen LogP contribution in [0.4, 0.5) is 10.7 Å². The summed E-state index contributed by atoms with van der Waals surface area (Å²) in [5, 5.41) is 18.0. The molecule has 0 unspecified atom stereocenters. The molecular formula is C9H11N5O3.